The first-order valence-corrected chi connectivity index (χ1v) is 7.92. The van der Waals surface area contributed by atoms with Crippen LogP contribution >= 0.6 is 11.3 Å². The third kappa shape index (κ3) is 4.89. The normalized spacial score (nSPS) is 12.1. The highest BCUT2D eigenvalue weighted by atomic mass is 32.1. The van der Waals surface area contributed by atoms with Gasteiger partial charge >= 0.3 is 0 Å². The zero-order valence-corrected chi connectivity index (χ0v) is 13.3. The van der Waals surface area contributed by atoms with Crippen LogP contribution in [0.5, 0.6) is 5.75 Å². The van der Waals surface area contributed by atoms with Gasteiger partial charge in [0.1, 0.15) is 12.4 Å². The standard InChI is InChI=1S/C17H20N2OS/c1-14(11-17-7-4-10-21-17)19(2)8-9-20-16-6-3-5-15(12-16)13-18/h3-7,10,12,14H,8-9,11H2,1-2H3. The molecule has 0 saturated heterocycles. The Labute approximate surface area is 130 Å². The second-order valence-corrected chi connectivity index (χ2v) is 6.13. The average molecular weight is 300 g/mol. The van der Waals surface area contributed by atoms with Gasteiger partial charge in [0.05, 0.1) is 11.6 Å². The molecule has 0 fully saturated rings. The summed E-state index contributed by atoms with van der Waals surface area (Å²) >= 11 is 1.80. The molecule has 1 aromatic heterocycles. The molecule has 4 heteroatoms. The second-order valence-electron chi connectivity index (χ2n) is 5.10. The molecule has 0 aliphatic carbocycles. The van der Waals surface area contributed by atoms with Crippen LogP contribution in [0.3, 0.4) is 0 Å². The topological polar surface area (TPSA) is 36.3 Å². The molecule has 1 aromatic carbocycles. The Hall–Kier alpha value is -1.83. The predicted molar refractivity (Wildman–Crippen MR) is 86.8 cm³/mol. The number of hydrogen-bond donors (Lipinski definition) is 0. The van der Waals surface area contributed by atoms with E-state index in [1.165, 1.54) is 4.88 Å². The van der Waals surface area contributed by atoms with Crippen molar-refractivity contribution in [3.63, 3.8) is 0 Å². The van der Waals surface area contributed by atoms with Crippen molar-refractivity contribution in [1.29, 1.82) is 5.26 Å². The van der Waals surface area contributed by atoms with E-state index in [1.54, 1.807) is 23.5 Å². The monoisotopic (exact) mass is 300 g/mol. The zero-order valence-electron chi connectivity index (χ0n) is 12.5. The van der Waals surface area contributed by atoms with Gasteiger partial charge in [0, 0.05) is 17.5 Å². The van der Waals surface area contributed by atoms with Crippen LogP contribution in [0, 0.1) is 11.3 Å². The van der Waals surface area contributed by atoms with Crippen molar-refractivity contribution >= 4 is 11.3 Å². The third-order valence-electron chi connectivity index (χ3n) is 3.51. The number of hydrogen-bond acceptors (Lipinski definition) is 4. The molecule has 0 bridgehead atoms. The largest absolute Gasteiger partial charge is 0.492 e. The highest BCUT2D eigenvalue weighted by molar-refractivity contribution is 7.09. The molecule has 3 nitrogen and oxygen atoms in total. The summed E-state index contributed by atoms with van der Waals surface area (Å²) in [6.07, 6.45) is 1.07. The molecule has 0 radical (unpaired) electrons. The molecule has 110 valence electrons. The highest BCUT2D eigenvalue weighted by Gasteiger charge is 2.10. The van der Waals surface area contributed by atoms with E-state index in [4.69, 9.17) is 10.00 Å². The molecular weight excluding hydrogens is 280 g/mol. The molecule has 21 heavy (non-hydrogen) atoms. The van der Waals surface area contributed by atoms with E-state index < -0.39 is 0 Å². The van der Waals surface area contributed by atoms with Crippen LogP contribution in [0.2, 0.25) is 0 Å². The third-order valence-corrected chi connectivity index (χ3v) is 4.40. The van der Waals surface area contributed by atoms with Gasteiger partial charge in [-0.3, -0.25) is 4.90 Å². The lowest BCUT2D eigenvalue weighted by molar-refractivity contribution is 0.199. The van der Waals surface area contributed by atoms with Crippen molar-refractivity contribution < 1.29 is 4.74 Å². The Morgan fingerprint density at radius 2 is 2.19 bits per heavy atom. The number of ether oxygens (including phenoxy) is 1. The fourth-order valence-corrected chi connectivity index (χ4v) is 2.89. The first-order chi connectivity index (χ1) is 10.2. The molecule has 2 aromatic rings. The fraction of sp³-hybridized carbons (Fsp3) is 0.353. The van der Waals surface area contributed by atoms with Gasteiger partial charge in [0.25, 0.3) is 0 Å². The van der Waals surface area contributed by atoms with Crippen molar-refractivity contribution in [3.8, 4) is 11.8 Å². The number of nitriles is 1. The van der Waals surface area contributed by atoms with Crippen LogP contribution in [0.25, 0.3) is 0 Å². The van der Waals surface area contributed by atoms with Gasteiger partial charge in [-0.1, -0.05) is 12.1 Å². The second kappa shape index (κ2) is 7.82. The minimum Gasteiger partial charge on any atom is -0.492 e. The maximum atomic E-state index is 8.86. The first kappa shape index (κ1) is 15.6. The van der Waals surface area contributed by atoms with Crippen LogP contribution in [0.1, 0.15) is 17.4 Å². The fourth-order valence-electron chi connectivity index (χ4n) is 2.06. The van der Waals surface area contributed by atoms with Crippen molar-refractivity contribution in [3.05, 3.63) is 52.2 Å². The molecule has 0 spiro atoms. The molecular formula is C17H20N2OS. The van der Waals surface area contributed by atoms with Gasteiger partial charge in [-0.2, -0.15) is 5.26 Å². The van der Waals surface area contributed by atoms with E-state index in [2.05, 4.69) is 42.5 Å². The summed E-state index contributed by atoms with van der Waals surface area (Å²) in [5.41, 5.74) is 0.631. The Kier molecular flexibility index (Phi) is 5.79. The summed E-state index contributed by atoms with van der Waals surface area (Å²) in [5.74, 6) is 0.758. The lowest BCUT2D eigenvalue weighted by atomic mass is 10.2. The van der Waals surface area contributed by atoms with Gasteiger partial charge in [-0.25, -0.2) is 0 Å². The molecule has 1 heterocycles. The maximum Gasteiger partial charge on any atom is 0.120 e. The Morgan fingerprint density at radius 3 is 2.90 bits per heavy atom. The van der Waals surface area contributed by atoms with Crippen LogP contribution in [-0.2, 0) is 6.42 Å². The van der Waals surface area contributed by atoms with Gasteiger partial charge in [0.15, 0.2) is 0 Å². The van der Waals surface area contributed by atoms with E-state index in [0.717, 1.165) is 18.7 Å². The van der Waals surface area contributed by atoms with Crippen molar-refractivity contribution in [2.45, 2.75) is 19.4 Å². The summed E-state index contributed by atoms with van der Waals surface area (Å²) in [7, 11) is 2.12. The number of thiophene rings is 1. The summed E-state index contributed by atoms with van der Waals surface area (Å²) in [6, 6.07) is 14.2. The van der Waals surface area contributed by atoms with E-state index in [9.17, 15) is 0 Å². The van der Waals surface area contributed by atoms with Crippen molar-refractivity contribution in [2.24, 2.45) is 0 Å². The van der Waals surface area contributed by atoms with E-state index in [0.29, 0.717) is 18.2 Å². The molecule has 0 saturated carbocycles. The van der Waals surface area contributed by atoms with Crippen LogP contribution in [-0.4, -0.2) is 31.1 Å². The van der Waals surface area contributed by atoms with Crippen molar-refractivity contribution in [2.75, 3.05) is 20.2 Å². The Balaban J connectivity index is 1.75. The van der Waals surface area contributed by atoms with Crippen LogP contribution in [0.15, 0.2) is 41.8 Å². The van der Waals surface area contributed by atoms with E-state index in [1.807, 2.05) is 12.1 Å². The first-order valence-electron chi connectivity index (χ1n) is 7.04. The highest BCUT2D eigenvalue weighted by Crippen LogP contribution is 2.14. The molecule has 0 aliphatic rings. The van der Waals surface area contributed by atoms with Crippen molar-refractivity contribution in [1.82, 2.24) is 4.90 Å². The molecule has 0 amide bonds. The van der Waals surface area contributed by atoms with Gasteiger partial charge in [0.2, 0.25) is 0 Å². The molecule has 1 atom stereocenters. The quantitative estimate of drug-likeness (QED) is 0.784. The number of benzene rings is 1. The lowest BCUT2D eigenvalue weighted by Crippen LogP contribution is -2.34. The maximum absolute atomic E-state index is 8.86. The summed E-state index contributed by atoms with van der Waals surface area (Å²) in [4.78, 5) is 3.71. The zero-order chi connectivity index (χ0) is 15.1. The molecule has 1 unspecified atom stereocenters. The Morgan fingerprint density at radius 1 is 1.33 bits per heavy atom. The molecule has 0 N–H and O–H groups in total. The van der Waals surface area contributed by atoms with Gasteiger partial charge < -0.3 is 4.74 Å². The smallest absolute Gasteiger partial charge is 0.120 e. The molecule has 2 rings (SSSR count). The number of likely N-dealkylation sites (N-methyl/N-ethyl adjacent to an activating group) is 1. The minimum absolute atomic E-state index is 0.484. The minimum atomic E-state index is 0.484. The average Bonchev–Trinajstić information content (AvgIpc) is 3.00. The van der Waals surface area contributed by atoms with Gasteiger partial charge in [-0.15, -0.1) is 11.3 Å². The molecule has 0 aliphatic heterocycles. The summed E-state index contributed by atoms with van der Waals surface area (Å²) in [6.45, 7) is 3.72. The SMILES string of the molecule is CC(Cc1cccs1)N(C)CCOc1cccc(C#N)c1. The van der Waals surface area contributed by atoms with Gasteiger partial charge in [-0.05, 0) is 50.0 Å². The number of nitrogens with zero attached hydrogens (tertiary/aromatic N) is 2. The predicted octanol–water partition coefficient (Wildman–Crippen LogP) is 3.56. The summed E-state index contributed by atoms with van der Waals surface area (Å²) < 4.78 is 5.71. The van der Waals surface area contributed by atoms with Crippen LogP contribution < -0.4 is 4.74 Å². The van der Waals surface area contributed by atoms with E-state index in [-0.39, 0.29) is 0 Å². The van der Waals surface area contributed by atoms with E-state index >= 15 is 0 Å². The Bertz CT molecular complexity index is 589. The van der Waals surface area contributed by atoms with Crippen LogP contribution in [0.4, 0.5) is 0 Å². The lowest BCUT2D eigenvalue weighted by Gasteiger charge is -2.24. The number of rotatable bonds is 7. The summed E-state index contributed by atoms with van der Waals surface area (Å²) in [5, 5.41) is 11.0.